The first-order valence-corrected chi connectivity index (χ1v) is 7.51. The van der Waals surface area contributed by atoms with Crippen molar-refractivity contribution in [1.82, 2.24) is 9.97 Å². The SMILES string of the molecule is CNc1ncnc(N(Cc2ccsc2)C2CC2)c1C. The number of rotatable bonds is 5. The fourth-order valence-electron chi connectivity index (χ4n) is 2.32. The first-order chi connectivity index (χ1) is 9.29. The zero-order chi connectivity index (χ0) is 13.2. The average molecular weight is 274 g/mol. The standard InChI is InChI=1S/C14H18N4S/c1-10-13(15-2)16-9-17-14(10)18(12-3-4-12)7-11-5-6-19-8-11/h5-6,8-9,12H,3-4,7H2,1-2H3,(H,15,16,17). The molecule has 4 nitrogen and oxygen atoms in total. The molecule has 0 saturated heterocycles. The van der Waals surface area contributed by atoms with Crippen LogP contribution in [0.1, 0.15) is 24.0 Å². The smallest absolute Gasteiger partial charge is 0.137 e. The maximum Gasteiger partial charge on any atom is 0.137 e. The minimum Gasteiger partial charge on any atom is -0.373 e. The third kappa shape index (κ3) is 2.56. The molecule has 0 spiro atoms. The van der Waals surface area contributed by atoms with E-state index in [1.54, 1.807) is 17.7 Å². The lowest BCUT2D eigenvalue weighted by molar-refractivity contribution is 0.772. The van der Waals surface area contributed by atoms with Crippen molar-refractivity contribution in [2.45, 2.75) is 32.4 Å². The van der Waals surface area contributed by atoms with E-state index in [2.05, 4.69) is 43.9 Å². The van der Waals surface area contributed by atoms with Crippen LogP contribution in [-0.4, -0.2) is 23.1 Å². The van der Waals surface area contributed by atoms with Crippen LogP contribution < -0.4 is 10.2 Å². The third-order valence-corrected chi connectivity index (χ3v) is 4.22. The summed E-state index contributed by atoms with van der Waals surface area (Å²) in [6, 6.07) is 2.83. The van der Waals surface area contributed by atoms with Gasteiger partial charge in [0.2, 0.25) is 0 Å². The van der Waals surface area contributed by atoms with Crippen LogP contribution in [0.25, 0.3) is 0 Å². The summed E-state index contributed by atoms with van der Waals surface area (Å²) in [5.74, 6) is 1.98. The van der Waals surface area contributed by atoms with E-state index in [1.807, 2.05) is 7.05 Å². The number of hydrogen-bond donors (Lipinski definition) is 1. The molecule has 2 aromatic rings. The molecule has 19 heavy (non-hydrogen) atoms. The van der Waals surface area contributed by atoms with Gasteiger partial charge in [-0.3, -0.25) is 0 Å². The molecule has 1 saturated carbocycles. The highest BCUT2D eigenvalue weighted by Crippen LogP contribution is 2.35. The summed E-state index contributed by atoms with van der Waals surface area (Å²) >= 11 is 1.75. The predicted molar refractivity (Wildman–Crippen MR) is 79.8 cm³/mol. The minimum atomic E-state index is 0.637. The van der Waals surface area contributed by atoms with Crippen LogP contribution in [0.15, 0.2) is 23.2 Å². The summed E-state index contributed by atoms with van der Waals surface area (Å²) in [5, 5.41) is 7.48. The van der Waals surface area contributed by atoms with Crippen molar-refractivity contribution < 1.29 is 0 Å². The van der Waals surface area contributed by atoms with Gasteiger partial charge in [0.05, 0.1) is 0 Å². The number of nitrogens with one attached hydrogen (secondary N) is 1. The fraction of sp³-hybridized carbons (Fsp3) is 0.429. The van der Waals surface area contributed by atoms with Crippen LogP contribution in [-0.2, 0) is 6.54 Å². The van der Waals surface area contributed by atoms with Gasteiger partial charge in [0.1, 0.15) is 18.0 Å². The van der Waals surface area contributed by atoms with Gasteiger partial charge in [0.25, 0.3) is 0 Å². The molecule has 1 N–H and O–H groups in total. The van der Waals surface area contributed by atoms with E-state index in [1.165, 1.54) is 18.4 Å². The summed E-state index contributed by atoms with van der Waals surface area (Å²) in [7, 11) is 1.90. The zero-order valence-electron chi connectivity index (χ0n) is 11.3. The van der Waals surface area contributed by atoms with E-state index in [4.69, 9.17) is 0 Å². The molecule has 2 heterocycles. The number of hydrogen-bond acceptors (Lipinski definition) is 5. The Morgan fingerprint density at radius 1 is 1.42 bits per heavy atom. The Balaban J connectivity index is 1.92. The summed E-state index contributed by atoms with van der Waals surface area (Å²) in [6.45, 7) is 3.03. The van der Waals surface area contributed by atoms with E-state index < -0.39 is 0 Å². The van der Waals surface area contributed by atoms with Crippen LogP contribution in [0, 0.1) is 6.92 Å². The second-order valence-electron chi connectivity index (χ2n) is 4.91. The van der Waals surface area contributed by atoms with Gasteiger partial charge >= 0.3 is 0 Å². The van der Waals surface area contributed by atoms with Crippen LogP contribution in [0.2, 0.25) is 0 Å². The van der Waals surface area contributed by atoms with Crippen molar-refractivity contribution in [2.24, 2.45) is 0 Å². The molecule has 5 heteroatoms. The van der Waals surface area contributed by atoms with Crippen molar-refractivity contribution >= 4 is 23.0 Å². The molecular weight excluding hydrogens is 256 g/mol. The number of anilines is 2. The molecule has 1 fully saturated rings. The molecule has 0 unspecified atom stereocenters. The monoisotopic (exact) mass is 274 g/mol. The second-order valence-corrected chi connectivity index (χ2v) is 5.69. The van der Waals surface area contributed by atoms with Gasteiger partial charge in [-0.15, -0.1) is 0 Å². The molecule has 0 bridgehead atoms. The highest BCUT2D eigenvalue weighted by Gasteiger charge is 2.31. The van der Waals surface area contributed by atoms with Gasteiger partial charge in [-0.05, 0) is 42.2 Å². The van der Waals surface area contributed by atoms with E-state index in [9.17, 15) is 0 Å². The van der Waals surface area contributed by atoms with Crippen LogP contribution in [0.5, 0.6) is 0 Å². The molecule has 0 amide bonds. The molecular formula is C14H18N4S. The average Bonchev–Trinajstić information content (AvgIpc) is 3.14. The number of nitrogens with zero attached hydrogens (tertiary/aromatic N) is 3. The normalized spacial score (nSPS) is 14.4. The Hall–Kier alpha value is -1.62. The van der Waals surface area contributed by atoms with Crippen molar-refractivity contribution in [3.05, 3.63) is 34.3 Å². The topological polar surface area (TPSA) is 41.1 Å². The lowest BCUT2D eigenvalue weighted by Crippen LogP contribution is -2.27. The largest absolute Gasteiger partial charge is 0.373 e. The van der Waals surface area contributed by atoms with Crippen LogP contribution in [0.3, 0.4) is 0 Å². The Morgan fingerprint density at radius 3 is 2.89 bits per heavy atom. The van der Waals surface area contributed by atoms with Crippen LogP contribution in [0.4, 0.5) is 11.6 Å². The first-order valence-electron chi connectivity index (χ1n) is 6.56. The first kappa shape index (κ1) is 12.4. The van der Waals surface area contributed by atoms with E-state index in [0.29, 0.717) is 6.04 Å². The van der Waals surface area contributed by atoms with E-state index >= 15 is 0 Å². The fourth-order valence-corrected chi connectivity index (χ4v) is 2.98. The van der Waals surface area contributed by atoms with Gasteiger partial charge in [0.15, 0.2) is 0 Å². The Kier molecular flexibility index (Phi) is 3.38. The van der Waals surface area contributed by atoms with Gasteiger partial charge in [-0.25, -0.2) is 9.97 Å². The van der Waals surface area contributed by atoms with Crippen molar-refractivity contribution in [2.75, 3.05) is 17.3 Å². The predicted octanol–water partition coefficient (Wildman–Crippen LogP) is 3.06. The number of thiophene rings is 1. The molecule has 1 aliphatic rings. The number of aromatic nitrogens is 2. The van der Waals surface area contributed by atoms with Gasteiger partial charge in [-0.1, -0.05) is 0 Å². The maximum absolute atomic E-state index is 4.51. The quantitative estimate of drug-likeness (QED) is 0.910. The maximum atomic E-state index is 4.51. The minimum absolute atomic E-state index is 0.637. The highest BCUT2D eigenvalue weighted by molar-refractivity contribution is 7.07. The molecule has 1 aliphatic carbocycles. The lowest BCUT2D eigenvalue weighted by atomic mass is 10.2. The summed E-state index contributed by atoms with van der Waals surface area (Å²) in [4.78, 5) is 11.2. The van der Waals surface area contributed by atoms with Crippen molar-refractivity contribution in [1.29, 1.82) is 0 Å². The molecule has 3 rings (SSSR count). The Labute approximate surface area is 117 Å². The van der Waals surface area contributed by atoms with E-state index in [0.717, 1.165) is 23.7 Å². The zero-order valence-corrected chi connectivity index (χ0v) is 12.1. The van der Waals surface area contributed by atoms with Crippen molar-refractivity contribution in [3.8, 4) is 0 Å². The summed E-state index contributed by atoms with van der Waals surface area (Å²) in [5.41, 5.74) is 2.49. The van der Waals surface area contributed by atoms with E-state index in [-0.39, 0.29) is 0 Å². The van der Waals surface area contributed by atoms with Gasteiger partial charge in [0, 0.05) is 25.2 Å². The molecule has 100 valence electrons. The summed E-state index contributed by atoms with van der Waals surface area (Å²) in [6.07, 6.45) is 4.18. The second kappa shape index (κ2) is 5.17. The van der Waals surface area contributed by atoms with Crippen molar-refractivity contribution in [3.63, 3.8) is 0 Å². The molecule has 2 aromatic heterocycles. The Morgan fingerprint density at radius 2 is 2.26 bits per heavy atom. The van der Waals surface area contributed by atoms with Crippen LogP contribution >= 0.6 is 11.3 Å². The Bertz CT molecular complexity index is 549. The van der Waals surface area contributed by atoms with Gasteiger partial charge < -0.3 is 10.2 Å². The third-order valence-electron chi connectivity index (χ3n) is 3.49. The summed E-state index contributed by atoms with van der Waals surface area (Å²) < 4.78 is 0. The van der Waals surface area contributed by atoms with Gasteiger partial charge in [-0.2, -0.15) is 11.3 Å². The molecule has 0 radical (unpaired) electrons. The lowest BCUT2D eigenvalue weighted by Gasteiger charge is -2.25. The highest BCUT2D eigenvalue weighted by atomic mass is 32.1. The molecule has 0 aromatic carbocycles. The molecule has 0 atom stereocenters. The molecule has 0 aliphatic heterocycles.